The van der Waals surface area contributed by atoms with E-state index in [-0.39, 0.29) is 5.60 Å². The standard InChI is InChI=1S/C17H26N2O/c1-14(15-6-11-18-12-7-15)19-13-16-5-10-17(20-16)8-3-2-4-9-17/h6-7,11-12,14,16,19H,2-5,8-10,13H2,1H3/t14-,16?/m0/s1. The summed E-state index contributed by atoms with van der Waals surface area (Å²) in [4.78, 5) is 4.07. The van der Waals surface area contributed by atoms with Crippen LogP contribution in [-0.4, -0.2) is 23.2 Å². The number of aromatic nitrogens is 1. The van der Waals surface area contributed by atoms with Crippen molar-refractivity contribution in [2.45, 2.75) is 69.6 Å². The SMILES string of the molecule is C[C@H](NCC1CCC2(CCCCC2)O1)c1ccncc1. The molecule has 2 fully saturated rings. The van der Waals surface area contributed by atoms with Gasteiger partial charge in [0.15, 0.2) is 0 Å². The zero-order valence-electron chi connectivity index (χ0n) is 12.5. The van der Waals surface area contributed by atoms with Crippen molar-refractivity contribution in [2.75, 3.05) is 6.54 Å². The maximum Gasteiger partial charge on any atom is 0.0708 e. The predicted molar refractivity (Wildman–Crippen MR) is 80.6 cm³/mol. The Labute approximate surface area is 122 Å². The van der Waals surface area contributed by atoms with Gasteiger partial charge in [-0.2, -0.15) is 0 Å². The van der Waals surface area contributed by atoms with E-state index in [9.17, 15) is 0 Å². The molecule has 3 heteroatoms. The minimum Gasteiger partial charge on any atom is -0.370 e. The molecule has 110 valence electrons. The third kappa shape index (κ3) is 3.21. The molecule has 1 aromatic rings. The molecule has 1 N–H and O–H groups in total. The summed E-state index contributed by atoms with van der Waals surface area (Å²) in [6, 6.07) is 4.52. The van der Waals surface area contributed by atoms with Crippen molar-refractivity contribution >= 4 is 0 Å². The van der Waals surface area contributed by atoms with Crippen LogP contribution in [-0.2, 0) is 4.74 Å². The van der Waals surface area contributed by atoms with Crippen LogP contribution < -0.4 is 5.32 Å². The highest BCUT2D eigenvalue weighted by Gasteiger charge is 2.40. The zero-order valence-corrected chi connectivity index (χ0v) is 12.5. The predicted octanol–water partition coefficient (Wildman–Crippen LogP) is 3.61. The first-order chi connectivity index (χ1) is 9.77. The summed E-state index contributed by atoms with van der Waals surface area (Å²) in [5.74, 6) is 0. The Kier molecular flexibility index (Phi) is 4.37. The number of nitrogens with one attached hydrogen (secondary N) is 1. The van der Waals surface area contributed by atoms with E-state index in [4.69, 9.17) is 4.74 Å². The second kappa shape index (κ2) is 6.23. The fraction of sp³-hybridized carbons (Fsp3) is 0.706. The Morgan fingerprint density at radius 2 is 2.00 bits per heavy atom. The molecule has 1 saturated heterocycles. The van der Waals surface area contributed by atoms with E-state index in [1.165, 1.54) is 50.5 Å². The lowest BCUT2D eigenvalue weighted by atomic mass is 9.83. The molecular formula is C17H26N2O. The maximum absolute atomic E-state index is 6.40. The molecule has 2 atom stereocenters. The van der Waals surface area contributed by atoms with Crippen LogP contribution in [0, 0.1) is 0 Å². The Balaban J connectivity index is 1.48. The van der Waals surface area contributed by atoms with Gasteiger partial charge in [0.05, 0.1) is 11.7 Å². The van der Waals surface area contributed by atoms with Crippen molar-refractivity contribution in [3.8, 4) is 0 Å². The molecule has 0 aromatic carbocycles. The number of nitrogens with zero attached hydrogens (tertiary/aromatic N) is 1. The third-order valence-corrected chi connectivity index (χ3v) is 4.96. The van der Waals surface area contributed by atoms with Crippen molar-refractivity contribution in [2.24, 2.45) is 0 Å². The van der Waals surface area contributed by atoms with E-state index in [2.05, 4.69) is 29.4 Å². The first-order valence-electron chi connectivity index (χ1n) is 8.09. The van der Waals surface area contributed by atoms with Crippen LogP contribution in [0.1, 0.15) is 63.5 Å². The van der Waals surface area contributed by atoms with Crippen LogP contribution in [0.2, 0.25) is 0 Å². The fourth-order valence-electron chi connectivity index (χ4n) is 3.68. The minimum atomic E-state index is 0.241. The van der Waals surface area contributed by atoms with Gasteiger partial charge in [-0.3, -0.25) is 4.98 Å². The number of rotatable bonds is 4. The van der Waals surface area contributed by atoms with Gasteiger partial charge in [-0.15, -0.1) is 0 Å². The van der Waals surface area contributed by atoms with Crippen molar-refractivity contribution in [3.05, 3.63) is 30.1 Å². The van der Waals surface area contributed by atoms with Gasteiger partial charge in [-0.25, -0.2) is 0 Å². The van der Waals surface area contributed by atoms with Gasteiger partial charge in [-0.05, 0) is 50.3 Å². The molecule has 0 amide bonds. The van der Waals surface area contributed by atoms with Crippen LogP contribution in [0.5, 0.6) is 0 Å². The Morgan fingerprint density at radius 1 is 1.25 bits per heavy atom. The van der Waals surface area contributed by atoms with Gasteiger partial charge >= 0.3 is 0 Å². The van der Waals surface area contributed by atoms with E-state index < -0.39 is 0 Å². The highest BCUT2D eigenvalue weighted by Crippen LogP contribution is 2.41. The molecular weight excluding hydrogens is 248 g/mol. The van der Waals surface area contributed by atoms with Gasteiger partial charge in [0.2, 0.25) is 0 Å². The molecule has 3 rings (SSSR count). The average Bonchev–Trinajstić information content (AvgIpc) is 2.89. The van der Waals surface area contributed by atoms with E-state index >= 15 is 0 Å². The molecule has 1 aromatic heterocycles. The minimum absolute atomic E-state index is 0.241. The van der Waals surface area contributed by atoms with Gasteiger partial charge in [0.1, 0.15) is 0 Å². The van der Waals surface area contributed by atoms with Gasteiger partial charge < -0.3 is 10.1 Å². The summed E-state index contributed by atoms with van der Waals surface area (Å²) in [6.07, 6.45) is 13.3. The lowest BCUT2D eigenvalue weighted by molar-refractivity contribution is -0.0628. The summed E-state index contributed by atoms with van der Waals surface area (Å²) in [6.45, 7) is 3.17. The summed E-state index contributed by atoms with van der Waals surface area (Å²) in [7, 11) is 0. The largest absolute Gasteiger partial charge is 0.370 e. The van der Waals surface area contributed by atoms with E-state index in [1.807, 2.05) is 12.4 Å². The summed E-state index contributed by atoms with van der Waals surface area (Å²) >= 11 is 0. The van der Waals surface area contributed by atoms with Crippen LogP contribution >= 0.6 is 0 Å². The Hall–Kier alpha value is -0.930. The van der Waals surface area contributed by atoms with E-state index in [0.717, 1.165) is 6.54 Å². The molecule has 2 heterocycles. The van der Waals surface area contributed by atoms with Crippen LogP contribution in [0.25, 0.3) is 0 Å². The Bertz CT molecular complexity index is 414. The molecule has 1 aliphatic heterocycles. The third-order valence-electron chi connectivity index (χ3n) is 4.96. The lowest BCUT2D eigenvalue weighted by Crippen LogP contribution is -2.35. The molecule has 1 saturated carbocycles. The van der Waals surface area contributed by atoms with Crippen LogP contribution in [0.15, 0.2) is 24.5 Å². The van der Waals surface area contributed by atoms with Gasteiger partial charge in [0, 0.05) is 25.0 Å². The van der Waals surface area contributed by atoms with Gasteiger partial charge in [0.25, 0.3) is 0 Å². The van der Waals surface area contributed by atoms with Crippen molar-refractivity contribution < 1.29 is 4.74 Å². The second-order valence-corrected chi connectivity index (χ2v) is 6.43. The quantitative estimate of drug-likeness (QED) is 0.910. The summed E-state index contributed by atoms with van der Waals surface area (Å²) in [5, 5.41) is 3.61. The number of pyridine rings is 1. The molecule has 1 aliphatic carbocycles. The Morgan fingerprint density at radius 3 is 2.75 bits per heavy atom. The van der Waals surface area contributed by atoms with Crippen molar-refractivity contribution in [1.82, 2.24) is 10.3 Å². The molecule has 0 bridgehead atoms. The molecule has 1 unspecified atom stereocenters. The van der Waals surface area contributed by atoms with Crippen molar-refractivity contribution in [1.29, 1.82) is 0 Å². The van der Waals surface area contributed by atoms with Crippen LogP contribution in [0.3, 0.4) is 0 Å². The maximum atomic E-state index is 6.40. The highest BCUT2D eigenvalue weighted by molar-refractivity contribution is 5.13. The van der Waals surface area contributed by atoms with E-state index in [0.29, 0.717) is 12.1 Å². The first kappa shape index (κ1) is 14.0. The van der Waals surface area contributed by atoms with Gasteiger partial charge in [-0.1, -0.05) is 19.3 Å². The number of hydrogen-bond acceptors (Lipinski definition) is 3. The van der Waals surface area contributed by atoms with Crippen molar-refractivity contribution in [3.63, 3.8) is 0 Å². The molecule has 20 heavy (non-hydrogen) atoms. The van der Waals surface area contributed by atoms with Crippen LogP contribution in [0.4, 0.5) is 0 Å². The normalized spacial score (nSPS) is 26.8. The summed E-state index contributed by atoms with van der Waals surface area (Å²) < 4.78 is 6.40. The molecule has 2 aliphatic rings. The highest BCUT2D eigenvalue weighted by atomic mass is 16.5. The monoisotopic (exact) mass is 274 g/mol. The zero-order chi connectivity index (χ0) is 13.8. The topological polar surface area (TPSA) is 34.1 Å². The second-order valence-electron chi connectivity index (χ2n) is 6.43. The molecule has 3 nitrogen and oxygen atoms in total. The fourth-order valence-corrected chi connectivity index (χ4v) is 3.68. The number of hydrogen-bond donors (Lipinski definition) is 1. The van der Waals surface area contributed by atoms with E-state index in [1.54, 1.807) is 0 Å². The summed E-state index contributed by atoms with van der Waals surface area (Å²) in [5.41, 5.74) is 1.54. The first-order valence-corrected chi connectivity index (χ1v) is 8.09. The molecule has 0 radical (unpaired) electrons. The smallest absolute Gasteiger partial charge is 0.0708 e. The number of ether oxygens (including phenoxy) is 1. The molecule has 1 spiro atoms. The lowest BCUT2D eigenvalue weighted by Gasteiger charge is -2.33. The average molecular weight is 274 g/mol.